The van der Waals surface area contributed by atoms with E-state index < -0.39 is 5.41 Å². The Labute approximate surface area is 132 Å². The van der Waals surface area contributed by atoms with Crippen LogP contribution in [0.3, 0.4) is 0 Å². The minimum Gasteiger partial charge on any atom is -0.325 e. The summed E-state index contributed by atoms with van der Waals surface area (Å²) in [5.74, 6) is 0.848. The molecule has 1 aromatic rings. The number of Topliss-reactive ketones (excluding diaryl/α,β-unsaturated/α-hetero) is 1. The molecule has 0 spiro atoms. The third-order valence-corrected chi connectivity index (χ3v) is 5.82. The predicted molar refractivity (Wildman–Crippen MR) is 87.7 cm³/mol. The molecule has 118 valence electrons. The highest BCUT2D eigenvalue weighted by molar-refractivity contribution is 6.15. The Balaban J connectivity index is 1.79. The second-order valence-corrected chi connectivity index (χ2v) is 7.80. The number of hydrogen-bond acceptors (Lipinski definition) is 2. The second kappa shape index (κ2) is 4.94. The molecular formula is C19H25NO2. The first-order chi connectivity index (χ1) is 10.3. The molecule has 0 radical (unpaired) electrons. The van der Waals surface area contributed by atoms with E-state index in [4.69, 9.17) is 0 Å². The van der Waals surface area contributed by atoms with Gasteiger partial charge in [0.05, 0.1) is 0 Å². The summed E-state index contributed by atoms with van der Waals surface area (Å²) in [6.45, 7) is 8.27. The van der Waals surface area contributed by atoms with Crippen LogP contribution in [0.25, 0.3) is 0 Å². The topological polar surface area (TPSA) is 46.2 Å². The number of ketones is 1. The van der Waals surface area contributed by atoms with Crippen molar-refractivity contribution in [3.8, 4) is 0 Å². The molecule has 2 fully saturated rings. The van der Waals surface area contributed by atoms with E-state index in [1.165, 1.54) is 5.56 Å². The van der Waals surface area contributed by atoms with E-state index in [0.29, 0.717) is 18.3 Å². The summed E-state index contributed by atoms with van der Waals surface area (Å²) in [6, 6.07) is 7.94. The third kappa shape index (κ3) is 2.10. The van der Waals surface area contributed by atoms with Gasteiger partial charge in [0.1, 0.15) is 5.41 Å². The number of anilines is 1. The van der Waals surface area contributed by atoms with Gasteiger partial charge in [-0.1, -0.05) is 39.8 Å². The van der Waals surface area contributed by atoms with Gasteiger partial charge in [-0.05, 0) is 48.8 Å². The molecular weight excluding hydrogens is 274 g/mol. The maximum atomic E-state index is 12.8. The molecule has 2 aliphatic carbocycles. The van der Waals surface area contributed by atoms with Crippen LogP contribution in [0, 0.1) is 16.7 Å². The number of fused-ring (bicyclic) bond motifs is 2. The SMILES string of the molecule is CC(C)c1ccc(NC(=O)C23CCC(C2)C(C)(C)C3=O)cc1. The molecule has 1 N–H and O–H groups in total. The Morgan fingerprint density at radius 2 is 1.86 bits per heavy atom. The van der Waals surface area contributed by atoms with E-state index >= 15 is 0 Å². The van der Waals surface area contributed by atoms with Gasteiger partial charge in [0.2, 0.25) is 5.91 Å². The zero-order valence-corrected chi connectivity index (χ0v) is 13.9. The van der Waals surface area contributed by atoms with Crippen LogP contribution in [0.15, 0.2) is 24.3 Å². The number of carbonyl (C=O) groups is 2. The monoisotopic (exact) mass is 299 g/mol. The van der Waals surface area contributed by atoms with Gasteiger partial charge < -0.3 is 5.32 Å². The lowest BCUT2D eigenvalue weighted by Crippen LogP contribution is -2.44. The maximum Gasteiger partial charge on any atom is 0.238 e. The number of rotatable bonds is 3. The number of carbonyl (C=O) groups excluding carboxylic acids is 2. The van der Waals surface area contributed by atoms with Crippen molar-refractivity contribution in [2.75, 3.05) is 5.32 Å². The number of amides is 1. The van der Waals surface area contributed by atoms with Crippen LogP contribution in [0.2, 0.25) is 0 Å². The first-order valence-corrected chi connectivity index (χ1v) is 8.24. The normalized spacial score (nSPS) is 29.1. The fraction of sp³-hybridized carbons (Fsp3) is 0.579. The average molecular weight is 299 g/mol. The van der Waals surface area contributed by atoms with Crippen LogP contribution in [-0.4, -0.2) is 11.7 Å². The quantitative estimate of drug-likeness (QED) is 0.852. The Morgan fingerprint density at radius 1 is 1.23 bits per heavy atom. The van der Waals surface area contributed by atoms with Gasteiger partial charge in [-0.25, -0.2) is 0 Å². The highest BCUT2D eigenvalue weighted by Gasteiger charge is 2.64. The lowest BCUT2D eigenvalue weighted by Gasteiger charge is -2.32. The van der Waals surface area contributed by atoms with Crippen molar-refractivity contribution in [2.24, 2.45) is 16.7 Å². The summed E-state index contributed by atoms with van der Waals surface area (Å²) in [4.78, 5) is 25.5. The molecule has 3 heteroatoms. The van der Waals surface area contributed by atoms with Crippen LogP contribution >= 0.6 is 0 Å². The molecule has 2 bridgehead atoms. The van der Waals surface area contributed by atoms with Gasteiger partial charge in [0.15, 0.2) is 5.78 Å². The lowest BCUT2D eigenvalue weighted by molar-refractivity contribution is -0.142. The minimum absolute atomic E-state index is 0.108. The molecule has 1 amide bonds. The average Bonchev–Trinajstić information content (AvgIpc) is 3.00. The van der Waals surface area contributed by atoms with Crippen LogP contribution in [0.4, 0.5) is 5.69 Å². The van der Waals surface area contributed by atoms with Crippen LogP contribution < -0.4 is 5.32 Å². The summed E-state index contributed by atoms with van der Waals surface area (Å²) >= 11 is 0. The molecule has 1 aromatic carbocycles. The zero-order chi connectivity index (χ0) is 16.1. The van der Waals surface area contributed by atoms with E-state index in [2.05, 4.69) is 19.2 Å². The molecule has 22 heavy (non-hydrogen) atoms. The van der Waals surface area contributed by atoms with Crippen LogP contribution in [-0.2, 0) is 9.59 Å². The van der Waals surface area contributed by atoms with Gasteiger partial charge in [0.25, 0.3) is 0 Å². The fourth-order valence-corrected chi connectivity index (χ4v) is 4.18. The first-order valence-electron chi connectivity index (χ1n) is 8.24. The lowest BCUT2D eigenvalue weighted by atomic mass is 9.70. The van der Waals surface area contributed by atoms with Crippen molar-refractivity contribution in [1.29, 1.82) is 0 Å². The highest BCUT2D eigenvalue weighted by Crippen LogP contribution is 2.60. The Hall–Kier alpha value is -1.64. The fourth-order valence-electron chi connectivity index (χ4n) is 4.18. The molecule has 0 saturated heterocycles. The molecule has 3 nitrogen and oxygen atoms in total. The van der Waals surface area contributed by atoms with Gasteiger partial charge >= 0.3 is 0 Å². The molecule has 2 unspecified atom stereocenters. The third-order valence-electron chi connectivity index (χ3n) is 5.82. The standard InChI is InChI=1S/C19H25NO2/c1-12(2)13-5-7-15(8-6-13)20-17(22)19-10-9-14(11-19)18(3,4)16(19)21/h5-8,12,14H,9-11H2,1-4H3,(H,20,22). The number of benzene rings is 1. The minimum atomic E-state index is -0.787. The van der Waals surface area contributed by atoms with Crippen molar-refractivity contribution in [3.05, 3.63) is 29.8 Å². The van der Waals surface area contributed by atoms with Gasteiger partial charge in [-0.3, -0.25) is 9.59 Å². The molecule has 0 heterocycles. The van der Waals surface area contributed by atoms with E-state index in [-0.39, 0.29) is 17.1 Å². The van der Waals surface area contributed by atoms with Crippen molar-refractivity contribution < 1.29 is 9.59 Å². The van der Waals surface area contributed by atoms with E-state index in [1.807, 2.05) is 38.1 Å². The molecule has 0 aliphatic heterocycles. The molecule has 3 rings (SSSR count). The van der Waals surface area contributed by atoms with Crippen molar-refractivity contribution in [2.45, 2.75) is 52.9 Å². The molecule has 2 aliphatic rings. The number of hydrogen-bond donors (Lipinski definition) is 1. The van der Waals surface area contributed by atoms with Crippen LogP contribution in [0.5, 0.6) is 0 Å². The first kappa shape index (κ1) is 15.3. The van der Waals surface area contributed by atoms with E-state index in [0.717, 1.165) is 18.5 Å². The maximum absolute atomic E-state index is 12.8. The van der Waals surface area contributed by atoms with E-state index in [9.17, 15) is 9.59 Å². The summed E-state index contributed by atoms with van der Waals surface area (Å²) in [6.07, 6.45) is 2.41. The molecule has 2 atom stereocenters. The van der Waals surface area contributed by atoms with Crippen LogP contribution in [0.1, 0.15) is 58.4 Å². The summed E-state index contributed by atoms with van der Waals surface area (Å²) in [7, 11) is 0. The van der Waals surface area contributed by atoms with Gasteiger partial charge in [0, 0.05) is 11.1 Å². The Morgan fingerprint density at radius 3 is 2.36 bits per heavy atom. The summed E-state index contributed by atoms with van der Waals surface area (Å²) < 4.78 is 0. The predicted octanol–water partition coefficient (Wildman–Crippen LogP) is 4.14. The van der Waals surface area contributed by atoms with Gasteiger partial charge in [-0.15, -0.1) is 0 Å². The largest absolute Gasteiger partial charge is 0.325 e. The number of nitrogens with one attached hydrogen (secondary N) is 1. The molecule has 0 aromatic heterocycles. The summed E-state index contributed by atoms with van der Waals surface area (Å²) in [5.41, 5.74) is 0.891. The highest BCUT2D eigenvalue weighted by atomic mass is 16.2. The van der Waals surface area contributed by atoms with Crippen molar-refractivity contribution in [1.82, 2.24) is 0 Å². The smallest absolute Gasteiger partial charge is 0.238 e. The van der Waals surface area contributed by atoms with Crippen molar-refractivity contribution >= 4 is 17.4 Å². The summed E-state index contributed by atoms with van der Waals surface area (Å²) in [5, 5.41) is 2.98. The van der Waals surface area contributed by atoms with Crippen molar-refractivity contribution in [3.63, 3.8) is 0 Å². The van der Waals surface area contributed by atoms with Gasteiger partial charge in [-0.2, -0.15) is 0 Å². The van der Waals surface area contributed by atoms with E-state index in [1.54, 1.807) is 0 Å². The molecule has 2 saturated carbocycles. The zero-order valence-electron chi connectivity index (χ0n) is 13.9. The second-order valence-electron chi connectivity index (χ2n) is 7.80. The Kier molecular flexibility index (Phi) is 3.42. The Bertz CT molecular complexity index is 615.